The first-order valence-electron chi connectivity index (χ1n) is 36.4. The zero-order valence-corrected chi connectivity index (χ0v) is 57.6. The Balaban J connectivity index is 0.656. The van der Waals surface area contributed by atoms with Gasteiger partial charge in [0, 0.05) is 79.6 Å². The number of pyridine rings is 2. The molecule has 10 heterocycles. The van der Waals surface area contributed by atoms with E-state index in [0.29, 0.717) is 5.95 Å². The summed E-state index contributed by atoms with van der Waals surface area (Å²) in [6.45, 7) is 0. The maximum atomic E-state index is 5.75. The number of benzene rings is 12. The van der Waals surface area contributed by atoms with Crippen molar-refractivity contribution in [2.75, 3.05) is 0 Å². The molecule has 0 bridgehead atoms. The lowest BCUT2D eigenvalue weighted by Gasteiger charge is -2.23. The van der Waals surface area contributed by atoms with E-state index in [1.165, 1.54) is 11.1 Å². The molecule has 0 saturated carbocycles. The van der Waals surface area contributed by atoms with Gasteiger partial charge in [-0.15, -0.1) is 0 Å². The molecule has 0 fully saturated rings. The van der Waals surface area contributed by atoms with Gasteiger partial charge in [-0.2, -0.15) is 0 Å². The van der Waals surface area contributed by atoms with Crippen LogP contribution in [0.4, 0.5) is 0 Å². The minimum absolute atomic E-state index is 0.579. The summed E-state index contributed by atoms with van der Waals surface area (Å²) in [5.41, 5.74) is 33.8. The monoisotopic (exact) mass is 1380 g/mol. The van der Waals surface area contributed by atoms with Gasteiger partial charge in [-0.3, -0.25) is 42.2 Å². The van der Waals surface area contributed by atoms with Gasteiger partial charge in [-0.05, 0) is 153 Å². The van der Waals surface area contributed by atoms with E-state index < -0.39 is 0 Å². The Morgan fingerprint density at radius 2 is 0.722 bits per heavy atom. The van der Waals surface area contributed by atoms with Crippen LogP contribution in [-0.2, 0) is 0 Å². The largest absolute Gasteiger partial charge is 0.295 e. The van der Waals surface area contributed by atoms with Crippen molar-refractivity contribution < 1.29 is 0 Å². The first-order valence-corrected chi connectivity index (χ1v) is 36.4. The summed E-state index contributed by atoms with van der Waals surface area (Å²) in [6.07, 6.45) is 7.73. The minimum Gasteiger partial charge on any atom is -0.295 e. The lowest BCUT2D eigenvalue weighted by molar-refractivity contribution is 0.961. The fourth-order valence-electron chi connectivity index (χ4n) is 17.9. The number of aromatic nitrogens is 13. The predicted octanol–water partition coefficient (Wildman–Crippen LogP) is 22.5. The molecule has 12 aromatic carbocycles. The number of rotatable bonds is 6. The Bertz CT molecular complexity index is 7640. The number of imidazole rings is 2. The average molecular weight is 1380 g/mol. The number of nitrogens with zero attached hydrogens (tertiary/aromatic N) is 13. The highest BCUT2D eigenvalue weighted by molar-refractivity contribution is 6.23. The van der Waals surface area contributed by atoms with Gasteiger partial charge in [0.05, 0.1) is 84.2 Å². The molecular weight excluding hydrogens is 1320 g/mol. The Morgan fingerprint density at radius 1 is 0.241 bits per heavy atom. The maximum absolute atomic E-state index is 5.75. The van der Waals surface area contributed by atoms with E-state index in [9.17, 15) is 0 Å². The van der Waals surface area contributed by atoms with Crippen molar-refractivity contribution in [2.24, 2.45) is 0 Å². The summed E-state index contributed by atoms with van der Waals surface area (Å²) < 4.78 is 13.9. The fourth-order valence-corrected chi connectivity index (χ4v) is 17.9. The van der Waals surface area contributed by atoms with Crippen LogP contribution in [0.5, 0.6) is 0 Å². The van der Waals surface area contributed by atoms with Crippen LogP contribution in [0.25, 0.3) is 223 Å². The molecule has 13 heteroatoms. The summed E-state index contributed by atoms with van der Waals surface area (Å²) in [5.74, 6) is 1.36. The van der Waals surface area contributed by atoms with Gasteiger partial charge >= 0.3 is 0 Å². The molecule has 0 amide bonds. The van der Waals surface area contributed by atoms with E-state index >= 15 is 0 Å². The summed E-state index contributed by atoms with van der Waals surface area (Å²) >= 11 is 0. The van der Waals surface area contributed by atoms with Gasteiger partial charge in [0.1, 0.15) is 22.3 Å². The minimum atomic E-state index is 0.579. The normalized spacial score (nSPS) is 12.3. The second-order valence-corrected chi connectivity index (χ2v) is 28.0. The van der Waals surface area contributed by atoms with Crippen LogP contribution in [0.15, 0.2) is 334 Å². The van der Waals surface area contributed by atoms with Gasteiger partial charge in [-0.25, -0.2) is 19.9 Å². The SMILES string of the molecule is c1ccc(-n2c3cccnc3c3c4ncccc4n(-c4ccc5c(c4)-c4ccccc4-c4nc(-c6ccc7nc8n(-c9cccc(-n%10c%11ccccc%11c%11c%12ccccc%12n(-c%12ncc%13c(n%12)-c%12ccccc%12-c%12ccccc%12-c%12ccccc%12-%13)c%11%10)c9)c9ccccc9n8c7c6)cnc4-c4ccccc4-5)c32)cc1. The van der Waals surface area contributed by atoms with Crippen LogP contribution in [0.2, 0.25) is 0 Å². The number of hydrogen-bond acceptors (Lipinski definition) is 7. The van der Waals surface area contributed by atoms with E-state index in [1.54, 1.807) is 0 Å². The Kier molecular flexibility index (Phi) is 12.1. The first kappa shape index (κ1) is 58.5. The lowest BCUT2D eigenvalue weighted by Crippen LogP contribution is -2.08. The van der Waals surface area contributed by atoms with Gasteiger partial charge in [0.2, 0.25) is 11.7 Å². The Labute approximate surface area is 615 Å². The zero-order valence-electron chi connectivity index (χ0n) is 57.6. The van der Waals surface area contributed by atoms with E-state index in [1.807, 2.05) is 36.9 Å². The summed E-state index contributed by atoms with van der Waals surface area (Å²) in [5, 5.41) is 4.37. The standard InChI is InChI=1S/C95H55N13/c1-2-23-57(24-3-1)103-82-43-21-49-96-90(82)86-91-83(44-22-50-97-91)105(93(86)103)60-46-47-68-65-31-9-12-35-70(65)88-89(71-36-13-10-33-67(71)74(68)53-60)100-77(55-98-88)56-45-48-76-84(51-56)107-81-42-19-18-41-80(81)106(95(107)101-76)59-26-20-25-58(52-59)104-78-39-16-14-37-72(78)85-73-38-15-17-40-79(73)108(92(85)104)94-99-54-75-66-32-7-6-29-63(66)61-27-4-5-28-62(61)64-30-8-11-34-69(64)87(75)102-94/h1-55H. The zero-order chi connectivity index (χ0) is 70.4. The number of para-hydroxylation sites is 5. The van der Waals surface area contributed by atoms with Crippen molar-refractivity contribution >= 4 is 93.8 Å². The predicted molar refractivity (Wildman–Crippen MR) is 435 cm³/mol. The molecule has 2 aliphatic carbocycles. The third kappa shape index (κ3) is 8.15. The van der Waals surface area contributed by atoms with E-state index in [0.717, 1.165) is 206 Å². The van der Waals surface area contributed by atoms with Crippen molar-refractivity contribution in [2.45, 2.75) is 0 Å². The topological polar surface area (TPSA) is 119 Å². The molecule has 108 heavy (non-hydrogen) atoms. The van der Waals surface area contributed by atoms with Crippen LogP contribution >= 0.6 is 0 Å². The molecule has 10 aromatic heterocycles. The van der Waals surface area contributed by atoms with Crippen LogP contribution in [-0.4, -0.2) is 62.1 Å². The summed E-state index contributed by atoms with van der Waals surface area (Å²) in [4.78, 5) is 38.0. The van der Waals surface area contributed by atoms with Crippen LogP contribution in [0, 0.1) is 0 Å². The summed E-state index contributed by atoms with van der Waals surface area (Å²) in [7, 11) is 0. The molecule has 0 unspecified atom stereocenters. The molecule has 13 nitrogen and oxygen atoms in total. The highest BCUT2D eigenvalue weighted by atomic mass is 15.2. The van der Waals surface area contributed by atoms with E-state index in [4.69, 9.17) is 34.9 Å². The molecule has 2 aliphatic rings. The van der Waals surface area contributed by atoms with Gasteiger partial charge in [0.25, 0.3) is 0 Å². The molecule has 22 aromatic rings. The first-order chi connectivity index (χ1) is 53.6. The van der Waals surface area contributed by atoms with Crippen molar-refractivity contribution in [1.82, 2.24) is 62.1 Å². The molecule has 24 rings (SSSR count). The second kappa shape index (κ2) is 22.3. The van der Waals surface area contributed by atoms with Crippen molar-refractivity contribution in [3.05, 3.63) is 334 Å². The maximum Gasteiger partial charge on any atom is 0.236 e. The van der Waals surface area contributed by atoms with E-state index in [-0.39, 0.29) is 0 Å². The lowest BCUT2D eigenvalue weighted by atomic mass is 9.83. The highest BCUT2D eigenvalue weighted by Gasteiger charge is 2.32. The fraction of sp³-hybridized carbons (Fsp3) is 0. The molecule has 0 aliphatic heterocycles. The molecule has 0 saturated heterocycles. The average Bonchev–Trinajstić information content (AvgIpc) is 1.53. The molecule has 500 valence electrons. The van der Waals surface area contributed by atoms with E-state index in [2.05, 4.69) is 324 Å². The molecular formula is C95H55N13. The Morgan fingerprint density at radius 3 is 1.39 bits per heavy atom. The van der Waals surface area contributed by atoms with Crippen molar-refractivity contribution in [3.63, 3.8) is 0 Å². The highest BCUT2D eigenvalue weighted by Crippen LogP contribution is 2.51. The van der Waals surface area contributed by atoms with Gasteiger partial charge < -0.3 is 0 Å². The number of hydrogen-bond donors (Lipinski definition) is 0. The second-order valence-electron chi connectivity index (χ2n) is 28.0. The van der Waals surface area contributed by atoms with Crippen LogP contribution in [0.3, 0.4) is 0 Å². The van der Waals surface area contributed by atoms with Crippen molar-refractivity contribution in [3.8, 4) is 129 Å². The smallest absolute Gasteiger partial charge is 0.236 e. The van der Waals surface area contributed by atoms with Gasteiger partial charge in [-0.1, -0.05) is 206 Å². The molecule has 0 N–H and O–H groups in total. The summed E-state index contributed by atoms with van der Waals surface area (Å²) in [6, 6.07) is 110. The number of fused-ring (bicyclic) bond motifs is 31. The van der Waals surface area contributed by atoms with Gasteiger partial charge in [0.15, 0.2) is 0 Å². The van der Waals surface area contributed by atoms with Crippen LogP contribution < -0.4 is 0 Å². The third-order valence-corrected chi connectivity index (χ3v) is 22.4. The Hall–Kier alpha value is -15.0. The molecule has 0 atom stereocenters. The molecule has 0 spiro atoms. The third-order valence-electron chi connectivity index (χ3n) is 22.4. The van der Waals surface area contributed by atoms with Crippen LogP contribution in [0.1, 0.15) is 0 Å². The molecule has 0 radical (unpaired) electrons. The quantitative estimate of drug-likeness (QED) is 0.163. The van der Waals surface area contributed by atoms with Crippen molar-refractivity contribution in [1.29, 1.82) is 0 Å².